The Balaban J connectivity index is 1.55. The number of imide groups is 1. The predicted molar refractivity (Wildman–Crippen MR) is 89.8 cm³/mol. The Kier molecular flexibility index (Phi) is 4.79. The third-order valence-electron chi connectivity index (χ3n) is 4.61. The highest BCUT2D eigenvalue weighted by molar-refractivity contribution is 6.08. The molecule has 1 saturated carbocycles. The smallest absolute Gasteiger partial charge is 0.344 e. The van der Waals surface area contributed by atoms with Crippen molar-refractivity contribution in [3.8, 4) is 5.75 Å². The number of nitrogens with two attached hydrogens (primary N) is 1. The minimum atomic E-state index is -0.895. The number of nitrogens with zero attached hydrogens (tertiary/aromatic N) is 1. The lowest BCUT2D eigenvalue weighted by atomic mass is 9.82. The first-order valence-corrected chi connectivity index (χ1v) is 8.40. The zero-order valence-corrected chi connectivity index (χ0v) is 14.1. The lowest BCUT2D eigenvalue weighted by Gasteiger charge is -2.30. The molecule has 1 aromatic rings. The van der Waals surface area contributed by atoms with Crippen LogP contribution in [0.3, 0.4) is 0 Å². The average Bonchev–Trinajstić information content (AvgIpc) is 2.85. The van der Waals surface area contributed by atoms with Gasteiger partial charge in [0.1, 0.15) is 11.3 Å². The van der Waals surface area contributed by atoms with Gasteiger partial charge in [-0.2, -0.15) is 5.01 Å². The van der Waals surface area contributed by atoms with E-state index in [1.807, 2.05) is 0 Å². The van der Waals surface area contributed by atoms with Crippen LogP contribution in [0.2, 0.25) is 0 Å². The molecular weight excluding hydrogens is 340 g/mol. The number of hydrazine groups is 1. The van der Waals surface area contributed by atoms with Crippen LogP contribution in [0.15, 0.2) is 24.3 Å². The number of nitrogens with one attached hydrogen (secondary N) is 2. The van der Waals surface area contributed by atoms with Crippen molar-refractivity contribution in [3.63, 3.8) is 0 Å². The molecule has 1 aromatic carbocycles. The molecule has 3 rings (SSSR count). The standard InChI is InChI=1S/C17H20N4O5/c18-14(23)11-4-6-12(7-5-11)26-10-13(22)20-21-15(24)17(19-16(21)25)8-2-1-3-9-17/h4-7H,1-3,8-10H2,(H2,18,23)(H,19,25)(H,20,22). The first kappa shape index (κ1) is 17.7. The number of hydrogen-bond acceptors (Lipinski definition) is 5. The summed E-state index contributed by atoms with van der Waals surface area (Å²) in [5.74, 6) is -1.28. The van der Waals surface area contributed by atoms with Gasteiger partial charge >= 0.3 is 6.03 Å². The number of amides is 5. The van der Waals surface area contributed by atoms with E-state index in [2.05, 4.69) is 10.7 Å². The third-order valence-corrected chi connectivity index (χ3v) is 4.61. The van der Waals surface area contributed by atoms with Gasteiger partial charge in [0.05, 0.1) is 0 Å². The Morgan fingerprint density at radius 1 is 1.15 bits per heavy atom. The molecule has 0 atom stereocenters. The van der Waals surface area contributed by atoms with E-state index < -0.39 is 29.3 Å². The molecule has 1 heterocycles. The summed E-state index contributed by atoms with van der Waals surface area (Å²) in [5, 5.41) is 3.43. The van der Waals surface area contributed by atoms with Crippen molar-refractivity contribution in [3.05, 3.63) is 29.8 Å². The number of rotatable bonds is 5. The van der Waals surface area contributed by atoms with Crippen molar-refractivity contribution < 1.29 is 23.9 Å². The average molecular weight is 360 g/mol. The van der Waals surface area contributed by atoms with Gasteiger partial charge in [-0.05, 0) is 37.1 Å². The van der Waals surface area contributed by atoms with E-state index >= 15 is 0 Å². The summed E-state index contributed by atoms with van der Waals surface area (Å²) >= 11 is 0. The molecule has 9 nitrogen and oxygen atoms in total. The minimum absolute atomic E-state index is 0.318. The van der Waals surface area contributed by atoms with Gasteiger partial charge in [-0.15, -0.1) is 0 Å². The van der Waals surface area contributed by atoms with Crippen LogP contribution in [-0.4, -0.2) is 40.9 Å². The fourth-order valence-corrected chi connectivity index (χ4v) is 3.24. The van der Waals surface area contributed by atoms with Crippen molar-refractivity contribution >= 4 is 23.8 Å². The Morgan fingerprint density at radius 2 is 1.81 bits per heavy atom. The Labute approximate surface area is 149 Å². The molecule has 1 aliphatic heterocycles. The summed E-state index contributed by atoms with van der Waals surface area (Å²) in [5.41, 5.74) is 6.85. The topological polar surface area (TPSA) is 131 Å². The van der Waals surface area contributed by atoms with Gasteiger partial charge in [-0.3, -0.25) is 19.8 Å². The van der Waals surface area contributed by atoms with E-state index in [0.29, 0.717) is 24.2 Å². The zero-order chi connectivity index (χ0) is 18.7. The molecule has 0 aromatic heterocycles. The lowest BCUT2D eigenvalue weighted by Crippen LogP contribution is -2.51. The molecule has 26 heavy (non-hydrogen) atoms. The van der Waals surface area contributed by atoms with Gasteiger partial charge in [0.15, 0.2) is 6.61 Å². The summed E-state index contributed by atoms with van der Waals surface area (Å²) < 4.78 is 5.29. The Hall–Kier alpha value is -3.10. The van der Waals surface area contributed by atoms with Crippen molar-refractivity contribution in [2.45, 2.75) is 37.6 Å². The number of urea groups is 1. The van der Waals surface area contributed by atoms with Crippen LogP contribution in [-0.2, 0) is 9.59 Å². The fourth-order valence-electron chi connectivity index (χ4n) is 3.24. The largest absolute Gasteiger partial charge is 0.484 e. The van der Waals surface area contributed by atoms with Crippen molar-refractivity contribution in [2.75, 3.05) is 6.61 Å². The van der Waals surface area contributed by atoms with Crippen LogP contribution in [0.4, 0.5) is 4.79 Å². The predicted octanol–water partition coefficient (Wildman–Crippen LogP) is 0.450. The zero-order valence-electron chi connectivity index (χ0n) is 14.1. The maximum absolute atomic E-state index is 12.5. The summed E-state index contributed by atoms with van der Waals surface area (Å²) in [6.07, 6.45) is 3.90. The molecule has 1 aliphatic carbocycles. The number of hydrogen-bond donors (Lipinski definition) is 3. The quantitative estimate of drug-likeness (QED) is 0.656. The molecule has 2 aliphatic rings. The molecule has 0 bridgehead atoms. The van der Waals surface area contributed by atoms with Crippen LogP contribution >= 0.6 is 0 Å². The summed E-state index contributed by atoms with van der Waals surface area (Å²) in [7, 11) is 0. The lowest BCUT2D eigenvalue weighted by molar-refractivity contribution is -0.140. The molecular formula is C17H20N4O5. The first-order chi connectivity index (χ1) is 12.4. The SMILES string of the molecule is NC(=O)c1ccc(OCC(=O)NN2C(=O)NC3(CCCCC3)C2=O)cc1. The van der Waals surface area contributed by atoms with E-state index in [1.54, 1.807) is 0 Å². The van der Waals surface area contributed by atoms with Gasteiger partial charge in [0, 0.05) is 5.56 Å². The van der Waals surface area contributed by atoms with Crippen molar-refractivity contribution in [1.29, 1.82) is 0 Å². The Bertz CT molecular complexity index is 740. The molecule has 0 unspecified atom stereocenters. The molecule has 1 saturated heterocycles. The van der Waals surface area contributed by atoms with Gasteiger partial charge in [-0.25, -0.2) is 4.79 Å². The molecule has 4 N–H and O–H groups in total. The second-order valence-electron chi connectivity index (χ2n) is 6.43. The summed E-state index contributed by atoms with van der Waals surface area (Å²) in [6.45, 7) is -0.389. The van der Waals surface area contributed by atoms with E-state index in [0.717, 1.165) is 24.3 Å². The van der Waals surface area contributed by atoms with Crippen LogP contribution in [0.5, 0.6) is 5.75 Å². The second-order valence-corrected chi connectivity index (χ2v) is 6.43. The molecule has 0 radical (unpaired) electrons. The van der Waals surface area contributed by atoms with Crippen molar-refractivity contribution in [1.82, 2.24) is 15.8 Å². The van der Waals surface area contributed by atoms with E-state index in [1.165, 1.54) is 24.3 Å². The number of benzene rings is 1. The molecule has 5 amide bonds. The number of carbonyl (C=O) groups excluding carboxylic acids is 4. The van der Waals surface area contributed by atoms with Crippen LogP contribution in [0, 0.1) is 0 Å². The molecule has 1 spiro atoms. The highest BCUT2D eigenvalue weighted by atomic mass is 16.5. The normalized spacial score (nSPS) is 18.5. The molecule has 2 fully saturated rings. The minimum Gasteiger partial charge on any atom is -0.484 e. The monoisotopic (exact) mass is 360 g/mol. The first-order valence-electron chi connectivity index (χ1n) is 8.40. The van der Waals surface area contributed by atoms with E-state index in [-0.39, 0.29) is 6.61 Å². The van der Waals surface area contributed by atoms with Gasteiger partial charge in [0.2, 0.25) is 5.91 Å². The fraction of sp³-hybridized carbons (Fsp3) is 0.412. The summed E-state index contributed by atoms with van der Waals surface area (Å²) in [4.78, 5) is 47.6. The van der Waals surface area contributed by atoms with Gasteiger partial charge in [-0.1, -0.05) is 19.3 Å². The Morgan fingerprint density at radius 3 is 2.42 bits per heavy atom. The number of ether oxygens (including phenoxy) is 1. The highest BCUT2D eigenvalue weighted by Crippen LogP contribution is 2.32. The summed E-state index contributed by atoms with van der Waals surface area (Å²) in [6, 6.07) is 5.31. The number of carbonyl (C=O) groups is 4. The van der Waals surface area contributed by atoms with Crippen LogP contribution < -0.4 is 21.2 Å². The maximum Gasteiger partial charge on any atom is 0.344 e. The molecule has 9 heteroatoms. The second kappa shape index (κ2) is 7.03. The van der Waals surface area contributed by atoms with Gasteiger partial charge < -0.3 is 15.8 Å². The number of primary amides is 1. The highest BCUT2D eigenvalue weighted by Gasteiger charge is 2.52. The maximum atomic E-state index is 12.5. The molecule has 138 valence electrons. The van der Waals surface area contributed by atoms with E-state index in [4.69, 9.17) is 10.5 Å². The van der Waals surface area contributed by atoms with Crippen molar-refractivity contribution in [2.24, 2.45) is 5.73 Å². The van der Waals surface area contributed by atoms with Crippen LogP contribution in [0.1, 0.15) is 42.5 Å². The third kappa shape index (κ3) is 3.46. The van der Waals surface area contributed by atoms with Gasteiger partial charge in [0.25, 0.3) is 11.8 Å². The van der Waals surface area contributed by atoms with Crippen LogP contribution in [0.25, 0.3) is 0 Å². The van der Waals surface area contributed by atoms with E-state index in [9.17, 15) is 19.2 Å².